The summed E-state index contributed by atoms with van der Waals surface area (Å²) in [4.78, 5) is 17.8. The first-order valence-corrected chi connectivity index (χ1v) is 7.24. The Bertz CT molecular complexity index is 378. The van der Waals surface area contributed by atoms with Crippen molar-refractivity contribution in [3.05, 3.63) is 22.4 Å². The van der Waals surface area contributed by atoms with Crippen LogP contribution in [0.15, 0.2) is 17.5 Å². The third-order valence-corrected chi connectivity index (χ3v) is 4.43. The molecule has 17 heavy (non-hydrogen) atoms. The van der Waals surface area contributed by atoms with Crippen LogP contribution in [0.1, 0.15) is 17.7 Å². The Morgan fingerprint density at radius 1 is 1.29 bits per heavy atom. The van der Waals surface area contributed by atoms with E-state index in [0.29, 0.717) is 11.8 Å². The molecule has 0 unspecified atom stereocenters. The van der Waals surface area contributed by atoms with Crippen molar-refractivity contribution in [2.24, 2.45) is 5.92 Å². The quantitative estimate of drug-likeness (QED) is 0.817. The number of rotatable bonds is 3. The van der Waals surface area contributed by atoms with E-state index in [4.69, 9.17) is 0 Å². The second kappa shape index (κ2) is 4.78. The van der Waals surface area contributed by atoms with Gasteiger partial charge in [0.05, 0.1) is 0 Å². The standard InChI is InChI=1S/C13H18N2OS/c16-13(11-3-4-11)15-7-5-14(6-8-15)10-12-2-1-9-17-12/h1-2,9,11H,3-8,10H2. The van der Waals surface area contributed by atoms with Crippen molar-refractivity contribution in [3.63, 3.8) is 0 Å². The average molecular weight is 250 g/mol. The number of carbonyl (C=O) groups is 1. The molecule has 1 aromatic heterocycles. The van der Waals surface area contributed by atoms with Gasteiger partial charge in [0.1, 0.15) is 0 Å². The summed E-state index contributed by atoms with van der Waals surface area (Å²) in [5, 5.41) is 2.13. The second-order valence-electron chi connectivity index (χ2n) is 4.96. The highest BCUT2D eigenvalue weighted by Crippen LogP contribution is 2.31. The zero-order valence-corrected chi connectivity index (χ0v) is 10.8. The lowest BCUT2D eigenvalue weighted by Gasteiger charge is -2.34. The fraction of sp³-hybridized carbons (Fsp3) is 0.615. The summed E-state index contributed by atoms with van der Waals surface area (Å²) in [5.41, 5.74) is 0. The summed E-state index contributed by atoms with van der Waals surface area (Å²) in [5.74, 6) is 0.777. The van der Waals surface area contributed by atoms with Crippen molar-refractivity contribution >= 4 is 17.2 Å². The third kappa shape index (κ3) is 2.69. The molecule has 0 atom stereocenters. The van der Waals surface area contributed by atoms with Crippen molar-refractivity contribution in [3.8, 4) is 0 Å². The molecule has 2 aliphatic rings. The SMILES string of the molecule is O=C(C1CC1)N1CCN(Cc2cccs2)CC1. The van der Waals surface area contributed by atoms with Gasteiger partial charge in [0.15, 0.2) is 0 Å². The largest absolute Gasteiger partial charge is 0.340 e. The molecule has 1 saturated carbocycles. The van der Waals surface area contributed by atoms with Crippen LogP contribution in [0, 0.1) is 5.92 Å². The normalized spacial score (nSPS) is 21.8. The van der Waals surface area contributed by atoms with Gasteiger partial charge in [-0.15, -0.1) is 11.3 Å². The number of thiophene rings is 1. The minimum Gasteiger partial charge on any atom is -0.340 e. The molecule has 1 saturated heterocycles. The van der Waals surface area contributed by atoms with E-state index in [1.807, 2.05) is 11.3 Å². The number of hydrogen-bond acceptors (Lipinski definition) is 3. The number of amides is 1. The Labute approximate surface area is 106 Å². The summed E-state index contributed by atoms with van der Waals surface area (Å²) < 4.78 is 0. The van der Waals surface area contributed by atoms with Crippen molar-refractivity contribution in [2.75, 3.05) is 26.2 Å². The molecule has 0 aromatic carbocycles. The number of carbonyl (C=O) groups excluding carboxylic acids is 1. The molecule has 0 bridgehead atoms. The topological polar surface area (TPSA) is 23.6 Å². The Balaban J connectivity index is 1.48. The fourth-order valence-electron chi connectivity index (χ4n) is 2.34. The molecular formula is C13H18N2OS. The van der Waals surface area contributed by atoms with Crippen molar-refractivity contribution in [1.29, 1.82) is 0 Å². The maximum Gasteiger partial charge on any atom is 0.225 e. The highest BCUT2D eigenvalue weighted by Gasteiger charge is 2.34. The van der Waals surface area contributed by atoms with Gasteiger partial charge in [0.25, 0.3) is 0 Å². The molecule has 3 rings (SSSR count). The fourth-order valence-corrected chi connectivity index (χ4v) is 3.08. The average Bonchev–Trinajstić information content (AvgIpc) is 3.09. The van der Waals surface area contributed by atoms with E-state index in [1.54, 1.807) is 0 Å². The molecule has 0 N–H and O–H groups in total. The van der Waals surface area contributed by atoms with Crippen LogP contribution >= 0.6 is 11.3 Å². The van der Waals surface area contributed by atoms with Gasteiger partial charge in [-0.2, -0.15) is 0 Å². The summed E-state index contributed by atoms with van der Waals surface area (Å²) in [6.07, 6.45) is 2.24. The van der Waals surface area contributed by atoms with Gasteiger partial charge in [-0.1, -0.05) is 6.07 Å². The molecule has 1 aliphatic heterocycles. The number of hydrogen-bond donors (Lipinski definition) is 0. The van der Waals surface area contributed by atoms with Gasteiger partial charge < -0.3 is 4.90 Å². The molecule has 0 radical (unpaired) electrons. The highest BCUT2D eigenvalue weighted by molar-refractivity contribution is 7.09. The van der Waals surface area contributed by atoms with E-state index in [1.165, 1.54) is 4.88 Å². The van der Waals surface area contributed by atoms with Crippen LogP contribution in [0.25, 0.3) is 0 Å². The molecule has 4 heteroatoms. The van der Waals surface area contributed by atoms with Gasteiger partial charge in [-0.25, -0.2) is 0 Å². The lowest BCUT2D eigenvalue weighted by molar-refractivity contribution is -0.134. The van der Waals surface area contributed by atoms with Gasteiger partial charge in [-0.05, 0) is 24.3 Å². The predicted octanol–water partition coefficient (Wildman–Crippen LogP) is 1.80. The maximum atomic E-state index is 11.9. The first kappa shape index (κ1) is 11.2. The van der Waals surface area contributed by atoms with Crippen LogP contribution in [-0.2, 0) is 11.3 Å². The molecule has 1 aromatic rings. The summed E-state index contributed by atoms with van der Waals surface area (Å²) in [7, 11) is 0. The van der Waals surface area contributed by atoms with Crippen LogP contribution in [0.5, 0.6) is 0 Å². The first-order valence-electron chi connectivity index (χ1n) is 6.36. The van der Waals surface area contributed by atoms with Crippen LogP contribution in [0.4, 0.5) is 0 Å². The first-order chi connectivity index (χ1) is 8.33. The Morgan fingerprint density at radius 3 is 2.65 bits per heavy atom. The van der Waals surface area contributed by atoms with E-state index in [0.717, 1.165) is 45.6 Å². The molecule has 2 fully saturated rings. The van der Waals surface area contributed by atoms with Gasteiger partial charge in [0.2, 0.25) is 5.91 Å². The van der Waals surface area contributed by atoms with Crippen molar-refractivity contribution in [2.45, 2.75) is 19.4 Å². The van der Waals surface area contributed by atoms with Gasteiger partial charge in [0, 0.05) is 43.5 Å². The molecule has 0 spiro atoms. The minimum atomic E-state index is 0.374. The number of nitrogens with zero attached hydrogens (tertiary/aromatic N) is 2. The van der Waals surface area contributed by atoms with Crippen molar-refractivity contribution in [1.82, 2.24) is 9.80 Å². The van der Waals surface area contributed by atoms with E-state index >= 15 is 0 Å². The molecule has 1 amide bonds. The third-order valence-electron chi connectivity index (χ3n) is 3.57. The minimum absolute atomic E-state index is 0.374. The highest BCUT2D eigenvalue weighted by atomic mass is 32.1. The van der Waals surface area contributed by atoms with Crippen LogP contribution in [0.2, 0.25) is 0 Å². The van der Waals surface area contributed by atoms with Crippen molar-refractivity contribution < 1.29 is 4.79 Å². The Morgan fingerprint density at radius 2 is 2.06 bits per heavy atom. The molecule has 2 heterocycles. The number of piperazine rings is 1. The maximum absolute atomic E-state index is 11.9. The molecule has 1 aliphatic carbocycles. The summed E-state index contributed by atoms with van der Waals surface area (Å²) in [6.45, 7) is 4.93. The zero-order chi connectivity index (χ0) is 11.7. The summed E-state index contributed by atoms with van der Waals surface area (Å²) >= 11 is 1.82. The van der Waals surface area contributed by atoms with E-state index < -0.39 is 0 Å². The van der Waals surface area contributed by atoms with Gasteiger partial charge >= 0.3 is 0 Å². The summed E-state index contributed by atoms with van der Waals surface area (Å²) in [6, 6.07) is 4.29. The lowest BCUT2D eigenvalue weighted by atomic mass is 10.2. The molecule has 3 nitrogen and oxygen atoms in total. The lowest BCUT2D eigenvalue weighted by Crippen LogP contribution is -2.48. The molecule has 92 valence electrons. The smallest absolute Gasteiger partial charge is 0.225 e. The molecular weight excluding hydrogens is 232 g/mol. The van der Waals surface area contributed by atoms with E-state index in [2.05, 4.69) is 27.3 Å². The Hall–Kier alpha value is -0.870. The van der Waals surface area contributed by atoms with E-state index in [-0.39, 0.29) is 0 Å². The van der Waals surface area contributed by atoms with Crippen LogP contribution in [0.3, 0.4) is 0 Å². The van der Waals surface area contributed by atoms with Crippen LogP contribution in [-0.4, -0.2) is 41.9 Å². The monoisotopic (exact) mass is 250 g/mol. The second-order valence-corrected chi connectivity index (χ2v) is 5.99. The van der Waals surface area contributed by atoms with Gasteiger partial charge in [-0.3, -0.25) is 9.69 Å². The zero-order valence-electron chi connectivity index (χ0n) is 9.97. The predicted molar refractivity (Wildman–Crippen MR) is 68.9 cm³/mol. The van der Waals surface area contributed by atoms with E-state index in [9.17, 15) is 4.79 Å². The van der Waals surface area contributed by atoms with Crippen LogP contribution < -0.4 is 0 Å². The Kier molecular flexibility index (Phi) is 3.16.